The first-order valence-electron chi connectivity index (χ1n) is 6.02. The van der Waals surface area contributed by atoms with Crippen LogP contribution in [0.1, 0.15) is 39.0 Å². The van der Waals surface area contributed by atoms with E-state index in [-0.39, 0.29) is 23.8 Å². The molecule has 0 aromatic carbocycles. The number of fused-ring (bicyclic) bond motifs is 2. The maximum absolute atomic E-state index is 11.7. The fraction of sp³-hybridized carbons (Fsp3) is 0.833. The molecule has 0 aromatic rings. The number of methoxy groups -OCH3 is 1. The molecule has 4 nitrogen and oxygen atoms in total. The van der Waals surface area contributed by atoms with E-state index in [1.807, 2.05) is 4.90 Å². The molecule has 0 aliphatic carbocycles. The maximum atomic E-state index is 11.7. The molecular weight excluding hydrogens is 206 g/mol. The van der Waals surface area contributed by atoms with Gasteiger partial charge in [-0.15, -0.1) is 0 Å². The molecule has 0 N–H and O–H groups in total. The number of Topliss-reactive ketones (excluding diaryl/α,β-unsaturated/α-hetero) is 1. The smallest absolute Gasteiger partial charge is 0.410 e. The number of rotatable bonds is 1. The highest BCUT2D eigenvalue weighted by atomic mass is 16.5. The first-order valence-corrected chi connectivity index (χ1v) is 6.02. The molecule has 0 aromatic heterocycles. The summed E-state index contributed by atoms with van der Waals surface area (Å²) in [6, 6.07) is 0.374. The number of nitrogens with zero attached hydrogens (tertiary/aromatic N) is 1. The van der Waals surface area contributed by atoms with Crippen LogP contribution in [0.25, 0.3) is 0 Å². The van der Waals surface area contributed by atoms with Crippen molar-refractivity contribution in [3.8, 4) is 0 Å². The Labute approximate surface area is 95.9 Å². The van der Waals surface area contributed by atoms with Crippen molar-refractivity contribution in [3.05, 3.63) is 0 Å². The summed E-state index contributed by atoms with van der Waals surface area (Å²) in [5.41, 5.74) is 0. The molecule has 2 heterocycles. The Morgan fingerprint density at radius 1 is 1.19 bits per heavy atom. The van der Waals surface area contributed by atoms with Gasteiger partial charge in [-0.2, -0.15) is 0 Å². The Hall–Kier alpha value is -1.06. The van der Waals surface area contributed by atoms with Crippen LogP contribution in [-0.4, -0.2) is 36.0 Å². The van der Waals surface area contributed by atoms with E-state index in [1.54, 1.807) is 6.92 Å². The van der Waals surface area contributed by atoms with Crippen molar-refractivity contribution >= 4 is 11.9 Å². The molecule has 4 heteroatoms. The first kappa shape index (κ1) is 11.4. The highest BCUT2D eigenvalue weighted by Crippen LogP contribution is 2.38. The van der Waals surface area contributed by atoms with Gasteiger partial charge in [0.1, 0.15) is 5.78 Å². The van der Waals surface area contributed by atoms with Crippen molar-refractivity contribution in [2.75, 3.05) is 7.11 Å². The Morgan fingerprint density at radius 2 is 1.94 bits per heavy atom. The molecule has 2 aliphatic rings. The summed E-state index contributed by atoms with van der Waals surface area (Å²) >= 11 is 0. The molecule has 2 fully saturated rings. The number of ketones is 1. The van der Waals surface area contributed by atoms with E-state index in [4.69, 9.17) is 4.74 Å². The Balaban J connectivity index is 2.23. The lowest BCUT2D eigenvalue weighted by Crippen LogP contribution is -2.44. The van der Waals surface area contributed by atoms with Crippen LogP contribution in [-0.2, 0) is 9.53 Å². The van der Waals surface area contributed by atoms with Crippen LogP contribution in [0, 0.1) is 5.92 Å². The normalized spacial score (nSPS) is 33.4. The van der Waals surface area contributed by atoms with E-state index in [0.717, 1.165) is 32.1 Å². The zero-order valence-corrected chi connectivity index (χ0v) is 9.94. The van der Waals surface area contributed by atoms with Gasteiger partial charge >= 0.3 is 6.09 Å². The zero-order chi connectivity index (χ0) is 11.7. The molecular formula is C12H19NO3. The molecule has 0 radical (unpaired) electrons. The SMILES string of the molecule is COC(=O)N1[C@H]2CCC[C@H](C(C)=O)[C@@H]1CC2. The van der Waals surface area contributed by atoms with Gasteiger partial charge in [-0.05, 0) is 32.6 Å². The van der Waals surface area contributed by atoms with Crippen LogP contribution in [0.4, 0.5) is 4.79 Å². The molecule has 0 saturated carbocycles. The van der Waals surface area contributed by atoms with Gasteiger partial charge in [0.15, 0.2) is 0 Å². The lowest BCUT2D eigenvalue weighted by atomic mass is 9.88. The number of amides is 1. The number of hydrogen-bond donors (Lipinski definition) is 0. The second kappa shape index (κ2) is 4.44. The summed E-state index contributed by atoms with van der Waals surface area (Å²) in [6.45, 7) is 1.64. The third kappa shape index (κ3) is 1.81. The highest BCUT2D eigenvalue weighted by molar-refractivity contribution is 5.80. The summed E-state index contributed by atoms with van der Waals surface area (Å²) in [7, 11) is 1.41. The number of carbonyl (C=O) groups is 2. The van der Waals surface area contributed by atoms with E-state index in [2.05, 4.69) is 0 Å². The van der Waals surface area contributed by atoms with E-state index in [0.29, 0.717) is 6.04 Å². The third-order valence-electron chi connectivity index (χ3n) is 3.97. The van der Waals surface area contributed by atoms with Gasteiger partial charge in [-0.3, -0.25) is 4.79 Å². The van der Waals surface area contributed by atoms with Gasteiger partial charge in [-0.25, -0.2) is 4.79 Å². The fourth-order valence-electron chi connectivity index (χ4n) is 3.22. The van der Waals surface area contributed by atoms with Crippen molar-refractivity contribution in [3.63, 3.8) is 0 Å². The summed E-state index contributed by atoms with van der Waals surface area (Å²) in [6.07, 6.45) is 4.67. The largest absolute Gasteiger partial charge is 0.453 e. The average Bonchev–Trinajstić information content (AvgIpc) is 2.53. The molecule has 1 amide bonds. The van der Waals surface area contributed by atoms with E-state index >= 15 is 0 Å². The Kier molecular flexibility index (Phi) is 3.17. The van der Waals surface area contributed by atoms with E-state index in [9.17, 15) is 9.59 Å². The van der Waals surface area contributed by atoms with E-state index < -0.39 is 0 Å². The van der Waals surface area contributed by atoms with Gasteiger partial charge in [0.2, 0.25) is 0 Å². The molecule has 0 unspecified atom stereocenters. The lowest BCUT2D eigenvalue weighted by Gasteiger charge is -2.29. The molecule has 2 aliphatic heterocycles. The van der Waals surface area contributed by atoms with Gasteiger partial charge in [0.25, 0.3) is 0 Å². The molecule has 0 spiro atoms. The Bertz CT molecular complexity index is 303. The number of hydrogen-bond acceptors (Lipinski definition) is 3. The monoisotopic (exact) mass is 225 g/mol. The standard InChI is InChI=1S/C12H19NO3/c1-8(14)10-5-3-4-9-6-7-11(10)13(9)12(15)16-2/h9-11H,3-7H2,1-2H3/t9-,10+,11-/m0/s1. The van der Waals surface area contributed by atoms with Crippen molar-refractivity contribution in [1.29, 1.82) is 0 Å². The molecule has 2 bridgehead atoms. The number of carbonyl (C=O) groups excluding carboxylic acids is 2. The summed E-state index contributed by atoms with van der Waals surface area (Å²) in [5, 5.41) is 0. The van der Waals surface area contributed by atoms with Crippen LogP contribution >= 0.6 is 0 Å². The summed E-state index contributed by atoms with van der Waals surface area (Å²) < 4.78 is 4.83. The van der Waals surface area contributed by atoms with Gasteiger partial charge in [-0.1, -0.05) is 6.42 Å². The van der Waals surface area contributed by atoms with Crippen LogP contribution in [0.2, 0.25) is 0 Å². The van der Waals surface area contributed by atoms with Crippen LogP contribution in [0.15, 0.2) is 0 Å². The molecule has 90 valence electrons. The predicted octanol–water partition coefficient (Wildman–Crippen LogP) is 1.97. The number of ether oxygens (including phenoxy) is 1. The van der Waals surface area contributed by atoms with Crippen molar-refractivity contribution in [2.45, 2.75) is 51.1 Å². The van der Waals surface area contributed by atoms with Crippen molar-refractivity contribution in [2.24, 2.45) is 5.92 Å². The molecule has 16 heavy (non-hydrogen) atoms. The van der Waals surface area contributed by atoms with Gasteiger partial charge < -0.3 is 9.64 Å². The van der Waals surface area contributed by atoms with E-state index in [1.165, 1.54) is 7.11 Å². The highest BCUT2D eigenvalue weighted by Gasteiger charge is 2.44. The first-order chi connectivity index (χ1) is 7.65. The fourth-order valence-corrected chi connectivity index (χ4v) is 3.22. The van der Waals surface area contributed by atoms with Crippen molar-refractivity contribution in [1.82, 2.24) is 4.90 Å². The van der Waals surface area contributed by atoms with Gasteiger partial charge in [0, 0.05) is 18.0 Å². The molecule has 2 rings (SSSR count). The minimum Gasteiger partial charge on any atom is -0.453 e. The minimum atomic E-state index is -0.263. The zero-order valence-electron chi connectivity index (χ0n) is 9.94. The third-order valence-corrected chi connectivity index (χ3v) is 3.97. The Morgan fingerprint density at radius 3 is 2.56 bits per heavy atom. The second-order valence-corrected chi connectivity index (χ2v) is 4.82. The van der Waals surface area contributed by atoms with Crippen LogP contribution in [0.3, 0.4) is 0 Å². The quantitative estimate of drug-likeness (QED) is 0.685. The maximum Gasteiger partial charge on any atom is 0.410 e. The topological polar surface area (TPSA) is 46.6 Å². The van der Waals surface area contributed by atoms with Gasteiger partial charge in [0.05, 0.1) is 7.11 Å². The second-order valence-electron chi connectivity index (χ2n) is 4.82. The summed E-state index contributed by atoms with van der Waals surface area (Å²) in [4.78, 5) is 25.2. The predicted molar refractivity (Wildman–Crippen MR) is 59.1 cm³/mol. The average molecular weight is 225 g/mol. The minimum absolute atomic E-state index is 0.0200. The summed E-state index contributed by atoms with van der Waals surface area (Å²) in [5.74, 6) is 0.230. The molecule has 3 atom stereocenters. The van der Waals surface area contributed by atoms with Crippen molar-refractivity contribution < 1.29 is 14.3 Å². The van der Waals surface area contributed by atoms with Crippen LogP contribution in [0.5, 0.6) is 0 Å². The molecule has 2 saturated heterocycles. The lowest BCUT2D eigenvalue weighted by molar-refractivity contribution is -0.122. The van der Waals surface area contributed by atoms with Crippen LogP contribution < -0.4 is 0 Å².